The van der Waals surface area contributed by atoms with Crippen LogP contribution in [0.2, 0.25) is 0 Å². The molecule has 0 unspecified atom stereocenters. The highest BCUT2D eigenvalue weighted by Gasteiger charge is 2.08. The summed E-state index contributed by atoms with van der Waals surface area (Å²) in [6, 6.07) is 5.64. The Bertz CT molecular complexity index is 487. The van der Waals surface area contributed by atoms with Gasteiger partial charge < -0.3 is 10.7 Å². The quantitative estimate of drug-likeness (QED) is 0.789. The lowest BCUT2D eigenvalue weighted by atomic mass is 10.0. The van der Waals surface area contributed by atoms with Crippen LogP contribution in [0.1, 0.15) is 11.1 Å². The Morgan fingerprint density at radius 1 is 1.53 bits per heavy atom. The Kier molecular flexibility index (Phi) is 2.56. The number of benzene rings is 1. The van der Waals surface area contributed by atoms with E-state index in [1.165, 1.54) is 5.56 Å². The Morgan fingerprint density at radius 2 is 2.33 bits per heavy atom. The molecule has 3 heteroatoms. The van der Waals surface area contributed by atoms with Gasteiger partial charge in [0, 0.05) is 17.1 Å². The molecule has 0 aliphatic rings. The standard InChI is InChI=1S/C12H13N2O/c1-8-2-3-12-11(4-8)9(6-14-12)5-10(13)7-15/h2-4,6,10,14H,5,13H2,1H3/t10-/m0/s1. The van der Waals surface area contributed by atoms with Crippen molar-refractivity contribution in [3.63, 3.8) is 0 Å². The number of fused-ring (bicyclic) bond motifs is 1. The molecular weight excluding hydrogens is 188 g/mol. The predicted molar refractivity (Wildman–Crippen MR) is 60.4 cm³/mol. The zero-order valence-corrected chi connectivity index (χ0v) is 8.58. The van der Waals surface area contributed by atoms with E-state index in [-0.39, 0.29) is 0 Å². The number of nitrogens with one attached hydrogen (secondary N) is 1. The lowest BCUT2D eigenvalue weighted by Gasteiger charge is -2.01. The molecule has 1 aromatic carbocycles. The number of aromatic amines is 1. The first-order chi connectivity index (χ1) is 7.20. The second-order valence-corrected chi connectivity index (χ2v) is 3.79. The molecule has 1 radical (unpaired) electrons. The van der Waals surface area contributed by atoms with E-state index in [1.54, 1.807) is 6.29 Å². The first kappa shape index (κ1) is 9.93. The van der Waals surface area contributed by atoms with E-state index >= 15 is 0 Å². The third kappa shape index (κ3) is 1.92. The Morgan fingerprint density at radius 3 is 3.07 bits per heavy atom. The fourth-order valence-electron chi connectivity index (χ4n) is 1.74. The van der Waals surface area contributed by atoms with Gasteiger partial charge in [0.2, 0.25) is 6.29 Å². The normalized spacial score (nSPS) is 12.9. The Balaban J connectivity index is 2.43. The zero-order chi connectivity index (χ0) is 10.8. The van der Waals surface area contributed by atoms with Crippen LogP contribution in [0.5, 0.6) is 0 Å². The van der Waals surface area contributed by atoms with Crippen molar-refractivity contribution in [3.05, 3.63) is 35.5 Å². The van der Waals surface area contributed by atoms with Crippen LogP contribution in [0.4, 0.5) is 0 Å². The molecule has 3 N–H and O–H groups in total. The molecule has 0 amide bonds. The minimum absolute atomic E-state index is 0.535. The van der Waals surface area contributed by atoms with Gasteiger partial charge in [-0.05, 0) is 31.0 Å². The third-order valence-electron chi connectivity index (χ3n) is 2.51. The monoisotopic (exact) mass is 201 g/mol. The number of rotatable bonds is 3. The van der Waals surface area contributed by atoms with Crippen LogP contribution in [0.15, 0.2) is 24.4 Å². The van der Waals surface area contributed by atoms with Crippen molar-refractivity contribution in [1.29, 1.82) is 0 Å². The molecule has 1 aromatic heterocycles. The van der Waals surface area contributed by atoms with E-state index in [9.17, 15) is 4.79 Å². The lowest BCUT2D eigenvalue weighted by Crippen LogP contribution is -2.23. The molecule has 15 heavy (non-hydrogen) atoms. The van der Waals surface area contributed by atoms with Gasteiger partial charge in [0.05, 0.1) is 6.04 Å². The van der Waals surface area contributed by atoms with Crippen molar-refractivity contribution in [2.24, 2.45) is 5.73 Å². The number of aryl methyl sites for hydroxylation is 1. The predicted octanol–water partition coefficient (Wildman–Crippen LogP) is 1.46. The maximum Gasteiger partial charge on any atom is 0.217 e. The Hall–Kier alpha value is -1.61. The fraction of sp³-hybridized carbons (Fsp3) is 0.250. The second-order valence-electron chi connectivity index (χ2n) is 3.79. The van der Waals surface area contributed by atoms with E-state index in [1.807, 2.05) is 25.3 Å². The Labute approximate surface area is 88.3 Å². The van der Waals surface area contributed by atoms with E-state index in [0.717, 1.165) is 16.5 Å². The van der Waals surface area contributed by atoms with Gasteiger partial charge in [0.25, 0.3) is 0 Å². The summed E-state index contributed by atoms with van der Waals surface area (Å²) in [6.07, 6.45) is 4.24. The first-order valence-corrected chi connectivity index (χ1v) is 4.90. The van der Waals surface area contributed by atoms with Crippen molar-refractivity contribution in [1.82, 2.24) is 4.98 Å². The molecule has 2 aromatic rings. The van der Waals surface area contributed by atoms with Crippen LogP contribution in [-0.2, 0) is 11.2 Å². The molecule has 0 aliphatic carbocycles. The minimum atomic E-state index is -0.537. The fourth-order valence-corrected chi connectivity index (χ4v) is 1.74. The summed E-state index contributed by atoms with van der Waals surface area (Å²) >= 11 is 0. The van der Waals surface area contributed by atoms with E-state index in [0.29, 0.717) is 6.42 Å². The molecule has 0 fully saturated rings. The van der Waals surface area contributed by atoms with Gasteiger partial charge in [-0.1, -0.05) is 11.6 Å². The number of aromatic nitrogens is 1. The maximum absolute atomic E-state index is 10.4. The van der Waals surface area contributed by atoms with Crippen molar-refractivity contribution in [2.45, 2.75) is 19.4 Å². The van der Waals surface area contributed by atoms with Gasteiger partial charge in [0.1, 0.15) is 0 Å². The van der Waals surface area contributed by atoms with Gasteiger partial charge in [-0.25, -0.2) is 0 Å². The third-order valence-corrected chi connectivity index (χ3v) is 2.51. The van der Waals surface area contributed by atoms with Crippen molar-refractivity contribution in [2.75, 3.05) is 0 Å². The highest BCUT2D eigenvalue weighted by molar-refractivity contribution is 5.84. The minimum Gasteiger partial charge on any atom is -0.361 e. The van der Waals surface area contributed by atoms with Crippen LogP contribution >= 0.6 is 0 Å². The van der Waals surface area contributed by atoms with Crippen LogP contribution in [0.25, 0.3) is 10.9 Å². The largest absolute Gasteiger partial charge is 0.361 e. The highest BCUT2D eigenvalue weighted by atomic mass is 16.1. The van der Waals surface area contributed by atoms with E-state index < -0.39 is 6.04 Å². The summed E-state index contributed by atoms with van der Waals surface area (Å²) in [5.41, 5.74) is 8.91. The van der Waals surface area contributed by atoms with Crippen LogP contribution in [-0.4, -0.2) is 17.3 Å². The average Bonchev–Trinajstić information content (AvgIpc) is 2.61. The topological polar surface area (TPSA) is 58.9 Å². The SMILES string of the molecule is Cc1ccc2[nH]cc(C[C@H](N)[C]=O)c2c1. The summed E-state index contributed by atoms with van der Waals surface area (Å²) in [5.74, 6) is 0. The molecule has 3 nitrogen and oxygen atoms in total. The second kappa shape index (κ2) is 3.87. The van der Waals surface area contributed by atoms with Crippen LogP contribution in [0.3, 0.4) is 0 Å². The molecule has 0 saturated carbocycles. The van der Waals surface area contributed by atoms with Crippen molar-refractivity contribution in [3.8, 4) is 0 Å². The molecule has 0 spiro atoms. The van der Waals surface area contributed by atoms with Gasteiger partial charge in [0.15, 0.2) is 0 Å². The smallest absolute Gasteiger partial charge is 0.217 e. The van der Waals surface area contributed by atoms with Gasteiger partial charge in [-0.15, -0.1) is 0 Å². The van der Waals surface area contributed by atoms with E-state index in [2.05, 4.69) is 11.1 Å². The zero-order valence-electron chi connectivity index (χ0n) is 8.58. The van der Waals surface area contributed by atoms with Crippen LogP contribution in [0, 0.1) is 6.92 Å². The first-order valence-electron chi connectivity index (χ1n) is 4.90. The number of hydrogen-bond acceptors (Lipinski definition) is 2. The van der Waals surface area contributed by atoms with Gasteiger partial charge in [-0.3, -0.25) is 4.79 Å². The number of H-pyrrole nitrogens is 1. The number of carbonyl (C=O) groups excluding carboxylic acids is 1. The van der Waals surface area contributed by atoms with Crippen LogP contribution < -0.4 is 5.73 Å². The molecule has 1 atom stereocenters. The summed E-state index contributed by atoms with van der Waals surface area (Å²) in [4.78, 5) is 13.5. The summed E-state index contributed by atoms with van der Waals surface area (Å²) in [7, 11) is 0. The van der Waals surface area contributed by atoms with Crippen molar-refractivity contribution >= 4 is 17.2 Å². The highest BCUT2D eigenvalue weighted by Crippen LogP contribution is 2.20. The molecule has 2 rings (SSSR count). The lowest BCUT2D eigenvalue weighted by molar-refractivity contribution is 0.541. The molecule has 0 saturated heterocycles. The maximum atomic E-state index is 10.4. The molecule has 0 bridgehead atoms. The number of hydrogen-bond donors (Lipinski definition) is 2. The van der Waals surface area contributed by atoms with Gasteiger partial charge >= 0.3 is 0 Å². The van der Waals surface area contributed by atoms with Gasteiger partial charge in [-0.2, -0.15) is 0 Å². The summed E-state index contributed by atoms with van der Waals surface area (Å²) in [6.45, 7) is 2.04. The molecule has 1 heterocycles. The number of nitrogens with two attached hydrogens (primary N) is 1. The van der Waals surface area contributed by atoms with E-state index in [4.69, 9.17) is 5.73 Å². The molecule has 0 aliphatic heterocycles. The molecular formula is C12H13N2O. The summed E-state index contributed by atoms with van der Waals surface area (Å²) < 4.78 is 0. The average molecular weight is 201 g/mol. The van der Waals surface area contributed by atoms with Crippen molar-refractivity contribution < 1.29 is 4.79 Å². The summed E-state index contributed by atoms with van der Waals surface area (Å²) in [5, 5.41) is 1.14. The molecule has 77 valence electrons.